The number of aryl methyl sites for hydroxylation is 1. The Hall–Kier alpha value is -3.88. The SMILES string of the molecule is CCc1ccccc1NC(=O)/C(C#N)=C/c1c(OCc2ccc(Br)cc2)ccc2ccccc12. The van der Waals surface area contributed by atoms with E-state index in [2.05, 4.69) is 27.3 Å². The van der Waals surface area contributed by atoms with Crippen molar-refractivity contribution in [2.24, 2.45) is 0 Å². The van der Waals surface area contributed by atoms with Gasteiger partial charge in [0.2, 0.25) is 0 Å². The van der Waals surface area contributed by atoms with E-state index >= 15 is 0 Å². The predicted octanol–water partition coefficient (Wildman–Crippen LogP) is 7.29. The average molecular weight is 511 g/mol. The van der Waals surface area contributed by atoms with Crippen LogP contribution in [0.1, 0.15) is 23.6 Å². The van der Waals surface area contributed by atoms with Gasteiger partial charge in [-0.1, -0.05) is 83.5 Å². The molecule has 34 heavy (non-hydrogen) atoms. The number of rotatable bonds is 7. The summed E-state index contributed by atoms with van der Waals surface area (Å²) in [7, 11) is 0. The number of fused-ring (bicyclic) bond motifs is 1. The van der Waals surface area contributed by atoms with Crippen molar-refractivity contribution < 1.29 is 9.53 Å². The summed E-state index contributed by atoms with van der Waals surface area (Å²) in [5.74, 6) is 0.159. The Morgan fingerprint density at radius 3 is 2.50 bits per heavy atom. The van der Waals surface area contributed by atoms with Crippen molar-refractivity contribution in [3.05, 3.63) is 112 Å². The van der Waals surface area contributed by atoms with Crippen LogP contribution in [0.15, 0.2) is 95.0 Å². The average Bonchev–Trinajstić information content (AvgIpc) is 2.87. The van der Waals surface area contributed by atoms with Crippen LogP contribution in [-0.2, 0) is 17.8 Å². The lowest BCUT2D eigenvalue weighted by Crippen LogP contribution is -2.14. The fraction of sp³-hybridized carbons (Fsp3) is 0.103. The highest BCUT2D eigenvalue weighted by atomic mass is 79.9. The lowest BCUT2D eigenvalue weighted by atomic mass is 10.0. The molecule has 0 aliphatic rings. The van der Waals surface area contributed by atoms with Crippen molar-refractivity contribution in [1.29, 1.82) is 5.26 Å². The van der Waals surface area contributed by atoms with E-state index in [1.807, 2.05) is 91.9 Å². The molecule has 0 bridgehead atoms. The number of nitrogens with one attached hydrogen (secondary N) is 1. The van der Waals surface area contributed by atoms with Crippen LogP contribution in [-0.4, -0.2) is 5.91 Å². The molecule has 0 atom stereocenters. The van der Waals surface area contributed by atoms with E-state index in [0.29, 0.717) is 23.6 Å². The second kappa shape index (κ2) is 10.8. The summed E-state index contributed by atoms with van der Waals surface area (Å²) >= 11 is 3.44. The highest BCUT2D eigenvalue weighted by Crippen LogP contribution is 2.31. The van der Waals surface area contributed by atoms with Crippen LogP contribution >= 0.6 is 15.9 Å². The molecular formula is C29H23BrN2O2. The predicted molar refractivity (Wildman–Crippen MR) is 140 cm³/mol. The van der Waals surface area contributed by atoms with Gasteiger partial charge in [-0.15, -0.1) is 0 Å². The van der Waals surface area contributed by atoms with Crippen LogP contribution in [0.4, 0.5) is 5.69 Å². The molecule has 0 aromatic heterocycles. The van der Waals surface area contributed by atoms with E-state index in [4.69, 9.17) is 4.74 Å². The summed E-state index contributed by atoms with van der Waals surface area (Å²) in [5.41, 5.74) is 3.44. The molecule has 4 rings (SSSR count). The van der Waals surface area contributed by atoms with Crippen LogP contribution in [0.25, 0.3) is 16.8 Å². The first-order valence-electron chi connectivity index (χ1n) is 11.0. The van der Waals surface area contributed by atoms with Crippen molar-refractivity contribution >= 4 is 44.4 Å². The van der Waals surface area contributed by atoms with Gasteiger partial charge < -0.3 is 10.1 Å². The number of carbonyl (C=O) groups excluding carboxylic acids is 1. The smallest absolute Gasteiger partial charge is 0.266 e. The van der Waals surface area contributed by atoms with E-state index in [9.17, 15) is 10.1 Å². The Labute approximate surface area is 207 Å². The molecule has 0 radical (unpaired) electrons. The summed E-state index contributed by atoms with van der Waals surface area (Å²) < 4.78 is 7.15. The fourth-order valence-corrected chi connectivity index (χ4v) is 3.99. The zero-order valence-corrected chi connectivity index (χ0v) is 20.3. The molecule has 4 aromatic carbocycles. The molecule has 0 aliphatic heterocycles. The molecule has 5 heteroatoms. The van der Waals surface area contributed by atoms with E-state index in [0.717, 1.165) is 32.8 Å². The second-order valence-corrected chi connectivity index (χ2v) is 8.66. The lowest BCUT2D eigenvalue weighted by molar-refractivity contribution is -0.112. The van der Waals surface area contributed by atoms with Gasteiger partial charge in [0.05, 0.1) is 0 Å². The largest absolute Gasteiger partial charge is 0.488 e. The number of anilines is 1. The van der Waals surface area contributed by atoms with E-state index < -0.39 is 5.91 Å². The minimum Gasteiger partial charge on any atom is -0.488 e. The second-order valence-electron chi connectivity index (χ2n) is 7.75. The Morgan fingerprint density at radius 1 is 1.00 bits per heavy atom. The van der Waals surface area contributed by atoms with Crippen molar-refractivity contribution in [3.8, 4) is 11.8 Å². The monoisotopic (exact) mass is 510 g/mol. The summed E-state index contributed by atoms with van der Waals surface area (Å²) in [6.45, 7) is 2.39. The first-order valence-corrected chi connectivity index (χ1v) is 11.8. The summed E-state index contributed by atoms with van der Waals surface area (Å²) in [6, 6.07) is 29.3. The molecule has 0 aliphatic carbocycles. The van der Waals surface area contributed by atoms with Crippen LogP contribution in [0, 0.1) is 11.3 Å². The van der Waals surface area contributed by atoms with Gasteiger partial charge in [0.25, 0.3) is 5.91 Å². The Balaban J connectivity index is 1.70. The number of benzene rings is 4. The van der Waals surface area contributed by atoms with Gasteiger partial charge in [-0.3, -0.25) is 4.79 Å². The molecule has 0 heterocycles. The number of para-hydroxylation sites is 1. The first-order chi connectivity index (χ1) is 16.6. The van der Waals surface area contributed by atoms with E-state index in [1.54, 1.807) is 6.08 Å². The number of nitriles is 1. The molecule has 0 unspecified atom stereocenters. The summed E-state index contributed by atoms with van der Waals surface area (Å²) in [6.07, 6.45) is 2.39. The topological polar surface area (TPSA) is 62.1 Å². The zero-order chi connectivity index (χ0) is 23.9. The number of carbonyl (C=O) groups is 1. The van der Waals surface area contributed by atoms with Crippen molar-refractivity contribution in [2.45, 2.75) is 20.0 Å². The number of hydrogen-bond donors (Lipinski definition) is 1. The highest BCUT2D eigenvalue weighted by Gasteiger charge is 2.15. The van der Waals surface area contributed by atoms with Crippen LogP contribution in [0.3, 0.4) is 0 Å². The highest BCUT2D eigenvalue weighted by molar-refractivity contribution is 9.10. The van der Waals surface area contributed by atoms with E-state index in [-0.39, 0.29) is 5.57 Å². The first kappa shape index (κ1) is 23.3. The molecule has 0 saturated carbocycles. The summed E-state index contributed by atoms with van der Waals surface area (Å²) in [5, 5.41) is 14.6. The van der Waals surface area contributed by atoms with Crippen LogP contribution in [0.2, 0.25) is 0 Å². The van der Waals surface area contributed by atoms with Crippen LogP contribution in [0.5, 0.6) is 5.75 Å². The third kappa shape index (κ3) is 5.36. The Bertz CT molecular complexity index is 1400. The molecular weight excluding hydrogens is 488 g/mol. The molecule has 0 saturated heterocycles. The minimum atomic E-state index is -0.449. The van der Waals surface area contributed by atoms with Gasteiger partial charge >= 0.3 is 0 Å². The molecule has 168 valence electrons. The Morgan fingerprint density at radius 2 is 1.74 bits per heavy atom. The van der Waals surface area contributed by atoms with Gasteiger partial charge in [-0.25, -0.2) is 0 Å². The van der Waals surface area contributed by atoms with E-state index in [1.165, 1.54) is 0 Å². The normalized spacial score (nSPS) is 11.1. The van der Waals surface area contributed by atoms with Gasteiger partial charge in [0.15, 0.2) is 0 Å². The maximum absolute atomic E-state index is 13.0. The van der Waals surface area contributed by atoms with Gasteiger partial charge in [0, 0.05) is 15.7 Å². The third-order valence-electron chi connectivity index (χ3n) is 5.54. The molecule has 4 aromatic rings. The maximum atomic E-state index is 13.0. The number of amides is 1. The van der Waals surface area contributed by atoms with Crippen molar-refractivity contribution in [2.75, 3.05) is 5.32 Å². The van der Waals surface area contributed by atoms with Gasteiger partial charge in [-0.05, 0) is 58.7 Å². The maximum Gasteiger partial charge on any atom is 0.266 e. The quantitative estimate of drug-likeness (QED) is 0.209. The minimum absolute atomic E-state index is 0.00995. The number of ether oxygens (including phenoxy) is 1. The number of halogens is 1. The standard InChI is InChI=1S/C29H23BrN2O2/c1-2-21-7-4-6-10-27(21)32-29(33)23(18-31)17-26-25-9-5-3-8-22(25)13-16-28(26)34-19-20-11-14-24(30)15-12-20/h3-17H,2,19H2,1H3,(H,32,33)/b23-17+. The van der Waals surface area contributed by atoms with Crippen molar-refractivity contribution in [1.82, 2.24) is 0 Å². The zero-order valence-electron chi connectivity index (χ0n) is 18.7. The molecule has 4 nitrogen and oxygen atoms in total. The number of hydrogen-bond acceptors (Lipinski definition) is 3. The van der Waals surface area contributed by atoms with Crippen LogP contribution < -0.4 is 10.1 Å². The molecule has 0 spiro atoms. The molecule has 1 amide bonds. The lowest BCUT2D eigenvalue weighted by Gasteiger charge is -2.13. The molecule has 1 N–H and O–H groups in total. The Kier molecular flexibility index (Phi) is 7.41. The number of nitrogens with zero attached hydrogens (tertiary/aromatic N) is 1. The fourth-order valence-electron chi connectivity index (χ4n) is 3.73. The van der Waals surface area contributed by atoms with Crippen molar-refractivity contribution in [3.63, 3.8) is 0 Å². The molecule has 0 fully saturated rings. The third-order valence-corrected chi connectivity index (χ3v) is 6.07. The summed E-state index contributed by atoms with van der Waals surface area (Å²) in [4.78, 5) is 13.0. The van der Waals surface area contributed by atoms with Gasteiger partial charge in [-0.2, -0.15) is 5.26 Å². The van der Waals surface area contributed by atoms with Gasteiger partial charge in [0.1, 0.15) is 24.0 Å².